The Hall–Kier alpha value is -4.25. The zero-order chi connectivity index (χ0) is 28.5. The van der Waals surface area contributed by atoms with E-state index < -0.39 is 24.1 Å². The van der Waals surface area contributed by atoms with E-state index in [1.54, 1.807) is 25.1 Å². The molecule has 1 aromatic heterocycles. The summed E-state index contributed by atoms with van der Waals surface area (Å²) < 4.78 is 25.8. The van der Waals surface area contributed by atoms with Crippen LogP contribution in [0.1, 0.15) is 58.4 Å². The van der Waals surface area contributed by atoms with Crippen molar-refractivity contribution in [3.63, 3.8) is 0 Å². The molecule has 208 valence electrons. The number of nitrogens with one attached hydrogen (secondary N) is 2. The Balaban J connectivity index is 1.58. The van der Waals surface area contributed by atoms with Crippen LogP contribution in [0.25, 0.3) is 11.4 Å². The van der Waals surface area contributed by atoms with E-state index in [1.165, 1.54) is 19.1 Å². The number of hydrogen-bond acceptors (Lipinski definition) is 8. The summed E-state index contributed by atoms with van der Waals surface area (Å²) in [6, 6.07) is 10.9. The minimum atomic E-state index is -0.712. The zero-order valence-corrected chi connectivity index (χ0v) is 22.7. The van der Waals surface area contributed by atoms with E-state index in [0.717, 1.165) is 5.56 Å². The number of amides is 2. The van der Waals surface area contributed by atoms with Crippen molar-refractivity contribution in [2.24, 2.45) is 5.16 Å². The average molecular weight is 540 g/mol. The molecule has 2 atom stereocenters. The second kappa shape index (κ2) is 13.5. The van der Waals surface area contributed by atoms with Crippen LogP contribution in [0.4, 0.5) is 14.9 Å². The van der Waals surface area contributed by atoms with Gasteiger partial charge in [0.1, 0.15) is 11.6 Å². The third-order valence-electron chi connectivity index (χ3n) is 5.55. The van der Waals surface area contributed by atoms with Crippen molar-refractivity contribution < 1.29 is 28.4 Å². The number of carbonyl (C=O) groups excluding carboxylic acids is 1. The van der Waals surface area contributed by atoms with Gasteiger partial charge >= 0.3 is 6.03 Å². The van der Waals surface area contributed by atoms with Crippen LogP contribution in [0.3, 0.4) is 0 Å². The molecule has 0 radical (unpaired) electrons. The summed E-state index contributed by atoms with van der Waals surface area (Å²) in [5.74, 6) is 1.47. The van der Waals surface area contributed by atoms with Crippen LogP contribution in [0.2, 0.25) is 0 Å². The minimum absolute atomic E-state index is 0.00914. The fourth-order valence-corrected chi connectivity index (χ4v) is 3.30. The molecule has 3 N–H and O–H groups in total. The SMILES string of the molecule is C=C(O/N=C(\C)c1ccc(NC(=O)NCC(C)O)c(F)c1)C(CC)Oc1ccc(-c2noc(C(C)C)n2)cc1. The van der Waals surface area contributed by atoms with E-state index in [9.17, 15) is 14.3 Å². The molecular weight excluding hydrogens is 505 g/mol. The van der Waals surface area contributed by atoms with E-state index in [4.69, 9.17) is 14.1 Å². The van der Waals surface area contributed by atoms with Gasteiger partial charge in [-0.3, -0.25) is 0 Å². The predicted octanol–water partition coefficient (Wildman–Crippen LogP) is 5.61. The van der Waals surface area contributed by atoms with E-state index in [-0.39, 0.29) is 23.9 Å². The first-order valence-electron chi connectivity index (χ1n) is 12.6. The van der Waals surface area contributed by atoms with Gasteiger partial charge < -0.3 is 29.8 Å². The van der Waals surface area contributed by atoms with Gasteiger partial charge in [-0.05, 0) is 56.7 Å². The monoisotopic (exact) mass is 539 g/mol. The molecule has 10 nitrogen and oxygen atoms in total. The fourth-order valence-electron chi connectivity index (χ4n) is 3.30. The van der Waals surface area contributed by atoms with Crippen LogP contribution >= 0.6 is 0 Å². The highest BCUT2D eigenvalue weighted by Crippen LogP contribution is 2.24. The Bertz CT molecular complexity index is 1300. The molecule has 39 heavy (non-hydrogen) atoms. The van der Waals surface area contributed by atoms with Crippen LogP contribution in [0, 0.1) is 5.82 Å². The second-order valence-electron chi connectivity index (χ2n) is 9.26. The number of rotatable bonds is 12. The van der Waals surface area contributed by atoms with E-state index >= 15 is 0 Å². The van der Waals surface area contributed by atoms with E-state index in [0.29, 0.717) is 35.2 Å². The van der Waals surface area contributed by atoms with Gasteiger partial charge in [0.05, 0.1) is 17.5 Å². The molecule has 11 heteroatoms. The van der Waals surface area contributed by atoms with E-state index in [2.05, 4.69) is 32.5 Å². The van der Waals surface area contributed by atoms with Gasteiger partial charge in [-0.25, -0.2) is 9.18 Å². The first-order chi connectivity index (χ1) is 18.6. The van der Waals surface area contributed by atoms with Crippen molar-refractivity contribution in [3.8, 4) is 17.1 Å². The lowest BCUT2D eigenvalue weighted by atomic mass is 10.1. The topological polar surface area (TPSA) is 131 Å². The number of aliphatic hydroxyl groups excluding tert-OH is 1. The summed E-state index contributed by atoms with van der Waals surface area (Å²) in [4.78, 5) is 21.7. The number of benzene rings is 2. The van der Waals surface area contributed by atoms with Crippen LogP contribution in [0.5, 0.6) is 5.75 Å². The lowest BCUT2D eigenvalue weighted by Crippen LogP contribution is -2.34. The third kappa shape index (κ3) is 8.37. The molecule has 0 fully saturated rings. The van der Waals surface area contributed by atoms with Gasteiger partial charge in [0, 0.05) is 23.6 Å². The van der Waals surface area contributed by atoms with Crippen molar-refractivity contribution in [1.29, 1.82) is 0 Å². The highest BCUT2D eigenvalue weighted by atomic mass is 19.1. The molecule has 2 unspecified atom stereocenters. The maximum absolute atomic E-state index is 14.5. The molecule has 2 amide bonds. The molecule has 1 heterocycles. The number of hydrogen-bond donors (Lipinski definition) is 3. The van der Waals surface area contributed by atoms with Gasteiger partial charge in [0.25, 0.3) is 0 Å². The van der Waals surface area contributed by atoms with Crippen molar-refractivity contribution in [2.75, 3.05) is 11.9 Å². The third-order valence-corrected chi connectivity index (χ3v) is 5.55. The van der Waals surface area contributed by atoms with Crippen molar-refractivity contribution in [1.82, 2.24) is 15.5 Å². The molecule has 0 aliphatic heterocycles. The van der Waals surface area contributed by atoms with Crippen molar-refractivity contribution >= 4 is 17.4 Å². The first-order valence-corrected chi connectivity index (χ1v) is 12.6. The molecule has 3 rings (SSSR count). The quantitative estimate of drug-likeness (QED) is 0.155. The number of carbonyl (C=O) groups is 1. The molecule has 0 aliphatic carbocycles. The number of anilines is 1. The first kappa shape index (κ1) is 29.3. The largest absolute Gasteiger partial charge is 0.482 e. The number of nitrogens with zero attached hydrogens (tertiary/aromatic N) is 3. The predicted molar refractivity (Wildman–Crippen MR) is 146 cm³/mol. The molecule has 0 bridgehead atoms. The average Bonchev–Trinajstić information content (AvgIpc) is 3.41. The zero-order valence-electron chi connectivity index (χ0n) is 22.7. The van der Waals surface area contributed by atoms with Gasteiger partial charge in [-0.2, -0.15) is 4.98 Å². The molecular formula is C28H34FN5O5. The molecule has 0 saturated heterocycles. The Morgan fingerprint density at radius 3 is 2.51 bits per heavy atom. The molecule has 2 aromatic carbocycles. The van der Waals surface area contributed by atoms with Crippen molar-refractivity contribution in [2.45, 2.75) is 59.2 Å². The lowest BCUT2D eigenvalue weighted by molar-refractivity contribution is 0.121. The highest BCUT2D eigenvalue weighted by molar-refractivity contribution is 5.99. The van der Waals surface area contributed by atoms with Crippen LogP contribution in [-0.4, -0.2) is 45.7 Å². The highest BCUT2D eigenvalue weighted by Gasteiger charge is 2.17. The fraction of sp³-hybridized carbons (Fsp3) is 0.357. The number of ether oxygens (including phenoxy) is 1. The minimum Gasteiger partial charge on any atom is -0.482 e. The molecule has 0 spiro atoms. The number of oxime groups is 1. The Morgan fingerprint density at radius 2 is 1.92 bits per heavy atom. The Labute approximate surface area is 226 Å². The second-order valence-corrected chi connectivity index (χ2v) is 9.26. The summed E-state index contributed by atoms with van der Waals surface area (Å²) in [5.41, 5.74) is 1.66. The Kier molecular flexibility index (Phi) is 10.2. The van der Waals surface area contributed by atoms with Crippen molar-refractivity contribution in [3.05, 3.63) is 72.1 Å². The summed E-state index contributed by atoms with van der Waals surface area (Å²) in [5, 5.41) is 22.2. The number of halogens is 1. The summed E-state index contributed by atoms with van der Waals surface area (Å²) >= 11 is 0. The number of aromatic nitrogens is 2. The normalized spacial score (nSPS) is 13.1. The number of aliphatic hydroxyl groups is 1. The summed E-state index contributed by atoms with van der Waals surface area (Å²) in [6.45, 7) is 13.1. The molecule has 0 aliphatic rings. The van der Waals surface area contributed by atoms with Gasteiger partial charge in [-0.1, -0.05) is 43.7 Å². The van der Waals surface area contributed by atoms with Crippen LogP contribution in [-0.2, 0) is 4.84 Å². The maximum atomic E-state index is 14.5. The summed E-state index contributed by atoms with van der Waals surface area (Å²) in [6.07, 6.45) is -0.617. The Morgan fingerprint density at radius 1 is 1.21 bits per heavy atom. The maximum Gasteiger partial charge on any atom is 0.319 e. The standard InChI is InChI=1S/C28H34FN5O5/c1-7-25(37-22-11-8-20(9-12-22)26-32-27(16(2)3)39-34-26)19(6)38-33-18(5)21-10-13-24(23(29)14-21)31-28(36)30-15-17(4)35/h8-14,16-17,25,35H,6-7,15H2,1-5H3,(H2,30,31,36)/b33-18+. The van der Waals surface area contributed by atoms with Gasteiger partial charge in [-0.15, -0.1) is 0 Å². The van der Waals surface area contributed by atoms with E-state index in [1.807, 2.05) is 32.9 Å². The molecule has 3 aromatic rings. The van der Waals surface area contributed by atoms with Gasteiger partial charge in [0.2, 0.25) is 11.7 Å². The lowest BCUT2D eigenvalue weighted by Gasteiger charge is -2.18. The van der Waals surface area contributed by atoms with Crippen LogP contribution < -0.4 is 15.4 Å². The summed E-state index contributed by atoms with van der Waals surface area (Å²) in [7, 11) is 0. The van der Waals surface area contributed by atoms with Crippen LogP contribution in [0.15, 0.2) is 64.5 Å². The molecule has 0 saturated carbocycles. The number of urea groups is 1. The smallest absolute Gasteiger partial charge is 0.319 e. The van der Waals surface area contributed by atoms with Gasteiger partial charge in [0.15, 0.2) is 11.9 Å².